The van der Waals surface area contributed by atoms with E-state index in [0.29, 0.717) is 6.04 Å². The van der Waals surface area contributed by atoms with Crippen LogP contribution in [0.5, 0.6) is 0 Å². The van der Waals surface area contributed by atoms with Gasteiger partial charge in [0, 0.05) is 25.3 Å². The van der Waals surface area contributed by atoms with Crippen molar-refractivity contribution in [2.75, 3.05) is 25.0 Å². The van der Waals surface area contributed by atoms with Crippen LogP contribution in [-0.4, -0.2) is 36.1 Å². The molecule has 0 spiro atoms. The molecule has 2 rings (SSSR count). The van der Waals surface area contributed by atoms with Crippen LogP contribution in [-0.2, 0) is 0 Å². The molecule has 0 unspecified atom stereocenters. The molecule has 13 heavy (non-hydrogen) atoms. The van der Waals surface area contributed by atoms with E-state index in [2.05, 4.69) is 20.2 Å². The largest absolute Gasteiger partial charge is 0.353 e. The van der Waals surface area contributed by atoms with Crippen molar-refractivity contribution in [2.24, 2.45) is 0 Å². The fraction of sp³-hybridized carbons (Fsp3) is 0.556. The van der Waals surface area contributed by atoms with Gasteiger partial charge in [-0.05, 0) is 20.0 Å². The summed E-state index contributed by atoms with van der Waals surface area (Å²) in [5, 5.41) is 3.23. The zero-order valence-electron chi connectivity index (χ0n) is 7.99. The number of aromatic nitrogens is 2. The lowest BCUT2D eigenvalue weighted by Crippen LogP contribution is -2.57. The van der Waals surface area contributed by atoms with Crippen LogP contribution >= 0.6 is 0 Å². The molecule has 0 aliphatic carbocycles. The summed E-state index contributed by atoms with van der Waals surface area (Å²) in [4.78, 5) is 10.7. The summed E-state index contributed by atoms with van der Waals surface area (Å²) in [6.07, 6.45) is 1.81. The van der Waals surface area contributed by atoms with Gasteiger partial charge in [-0.2, -0.15) is 0 Å². The van der Waals surface area contributed by atoms with E-state index in [4.69, 9.17) is 0 Å². The van der Waals surface area contributed by atoms with Crippen molar-refractivity contribution in [3.8, 4) is 0 Å². The van der Waals surface area contributed by atoms with Crippen LogP contribution in [0.25, 0.3) is 0 Å². The Kier molecular flexibility index (Phi) is 2.14. The molecule has 0 amide bonds. The van der Waals surface area contributed by atoms with Gasteiger partial charge in [-0.25, -0.2) is 9.97 Å². The molecule has 1 aliphatic heterocycles. The van der Waals surface area contributed by atoms with Crippen LogP contribution in [0.2, 0.25) is 0 Å². The Morgan fingerprint density at radius 1 is 1.54 bits per heavy atom. The number of aryl methyl sites for hydroxylation is 1. The van der Waals surface area contributed by atoms with Gasteiger partial charge in [-0.3, -0.25) is 0 Å². The maximum absolute atomic E-state index is 4.35. The van der Waals surface area contributed by atoms with Gasteiger partial charge in [0.05, 0.1) is 0 Å². The van der Waals surface area contributed by atoms with Crippen molar-refractivity contribution in [3.05, 3.63) is 18.1 Å². The van der Waals surface area contributed by atoms with Crippen LogP contribution in [0, 0.1) is 6.92 Å². The topological polar surface area (TPSA) is 41.0 Å². The third kappa shape index (κ3) is 1.62. The maximum Gasteiger partial charge on any atom is 0.132 e. The minimum atomic E-state index is 0.621. The van der Waals surface area contributed by atoms with Crippen LogP contribution in [0.15, 0.2) is 12.3 Å². The number of rotatable bonds is 2. The molecule has 2 heterocycles. The predicted molar refractivity (Wildman–Crippen MR) is 51.8 cm³/mol. The van der Waals surface area contributed by atoms with Crippen LogP contribution in [0.1, 0.15) is 5.82 Å². The number of nitrogens with zero attached hydrogens (tertiary/aromatic N) is 3. The van der Waals surface area contributed by atoms with Crippen molar-refractivity contribution in [3.63, 3.8) is 0 Å². The third-order valence-electron chi connectivity index (χ3n) is 2.38. The van der Waals surface area contributed by atoms with Gasteiger partial charge in [0.25, 0.3) is 0 Å². The van der Waals surface area contributed by atoms with E-state index in [0.717, 1.165) is 24.7 Å². The minimum Gasteiger partial charge on any atom is -0.353 e. The molecule has 70 valence electrons. The van der Waals surface area contributed by atoms with Crippen molar-refractivity contribution in [2.45, 2.75) is 13.0 Å². The summed E-state index contributed by atoms with van der Waals surface area (Å²) in [7, 11) is 1.99. The minimum absolute atomic E-state index is 0.621. The highest BCUT2D eigenvalue weighted by Gasteiger charge is 2.25. The van der Waals surface area contributed by atoms with E-state index in [1.54, 1.807) is 0 Å². The lowest BCUT2D eigenvalue weighted by molar-refractivity contribution is 0.446. The zero-order chi connectivity index (χ0) is 9.26. The summed E-state index contributed by atoms with van der Waals surface area (Å²) in [5.41, 5.74) is 0. The summed E-state index contributed by atoms with van der Waals surface area (Å²) in [6, 6.07) is 2.58. The third-order valence-corrected chi connectivity index (χ3v) is 2.38. The van der Waals surface area contributed by atoms with Crippen molar-refractivity contribution >= 4 is 5.82 Å². The van der Waals surface area contributed by atoms with Gasteiger partial charge in [0.15, 0.2) is 0 Å². The first kappa shape index (κ1) is 8.44. The monoisotopic (exact) mass is 178 g/mol. The second-order valence-corrected chi connectivity index (χ2v) is 3.35. The second-order valence-electron chi connectivity index (χ2n) is 3.35. The van der Waals surface area contributed by atoms with Crippen LogP contribution < -0.4 is 10.2 Å². The zero-order valence-corrected chi connectivity index (χ0v) is 7.99. The Morgan fingerprint density at radius 3 is 2.92 bits per heavy atom. The molecule has 1 aromatic rings. The number of hydrogen-bond acceptors (Lipinski definition) is 4. The molecule has 1 aromatic heterocycles. The smallest absolute Gasteiger partial charge is 0.132 e. The average molecular weight is 178 g/mol. The molecule has 1 N–H and O–H groups in total. The summed E-state index contributed by atoms with van der Waals surface area (Å²) >= 11 is 0. The Morgan fingerprint density at radius 2 is 2.31 bits per heavy atom. The van der Waals surface area contributed by atoms with Crippen molar-refractivity contribution in [1.82, 2.24) is 15.3 Å². The first-order valence-electron chi connectivity index (χ1n) is 4.51. The molecule has 1 fully saturated rings. The second kappa shape index (κ2) is 3.30. The SMILES string of the molecule is CNC1CN(c2ccnc(C)n2)C1. The highest BCUT2D eigenvalue weighted by atomic mass is 15.3. The predicted octanol–water partition coefficient (Wildman–Crippen LogP) is 0.193. The Bertz CT molecular complexity index is 293. The summed E-state index contributed by atoms with van der Waals surface area (Å²) in [6.45, 7) is 4.01. The highest BCUT2D eigenvalue weighted by molar-refractivity contribution is 5.41. The van der Waals surface area contributed by atoms with Gasteiger partial charge in [-0.1, -0.05) is 0 Å². The Labute approximate surface area is 78.0 Å². The molecule has 1 saturated heterocycles. The Hall–Kier alpha value is -1.16. The van der Waals surface area contributed by atoms with Gasteiger partial charge < -0.3 is 10.2 Å². The summed E-state index contributed by atoms with van der Waals surface area (Å²) < 4.78 is 0. The van der Waals surface area contributed by atoms with Gasteiger partial charge in [0.1, 0.15) is 11.6 Å². The molecule has 0 radical (unpaired) electrons. The number of hydrogen-bond donors (Lipinski definition) is 1. The van der Waals surface area contributed by atoms with E-state index in [9.17, 15) is 0 Å². The number of nitrogens with one attached hydrogen (secondary N) is 1. The lowest BCUT2D eigenvalue weighted by atomic mass is 10.1. The average Bonchev–Trinajstić information content (AvgIpc) is 2.02. The molecule has 0 atom stereocenters. The molecule has 0 bridgehead atoms. The normalized spacial score (nSPS) is 17.2. The molecule has 0 saturated carbocycles. The van der Waals surface area contributed by atoms with E-state index in [-0.39, 0.29) is 0 Å². The van der Waals surface area contributed by atoms with Crippen LogP contribution in [0.4, 0.5) is 5.82 Å². The first-order valence-corrected chi connectivity index (χ1v) is 4.51. The van der Waals surface area contributed by atoms with E-state index in [1.165, 1.54) is 0 Å². The molecular formula is C9H14N4. The van der Waals surface area contributed by atoms with Crippen molar-refractivity contribution in [1.29, 1.82) is 0 Å². The van der Waals surface area contributed by atoms with Gasteiger partial charge >= 0.3 is 0 Å². The number of likely N-dealkylation sites (N-methyl/N-ethyl adjacent to an activating group) is 1. The standard InChI is InChI=1S/C9H14N4/c1-7-11-4-3-9(12-7)13-5-8(6-13)10-2/h3-4,8,10H,5-6H2,1-2H3. The van der Waals surface area contributed by atoms with E-state index in [1.807, 2.05) is 26.2 Å². The summed E-state index contributed by atoms with van der Waals surface area (Å²) in [5.74, 6) is 1.88. The van der Waals surface area contributed by atoms with E-state index >= 15 is 0 Å². The molecule has 4 heteroatoms. The van der Waals surface area contributed by atoms with Crippen LogP contribution in [0.3, 0.4) is 0 Å². The van der Waals surface area contributed by atoms with Crippen molar-refractivity contribution < 1.29 is 0 Å². The maximum atomic E-state index is 4.35. The first-order chi connectivity index (χ1) is 6.29. The molecule has 4 nitrogen and oxygen atoms in total. The fourth-order valence-electron chi connectivity index (χ4n) is 1.47. The fourth-order valence-corrected chi connectivity index (χ4v) is 1.47. The number of anilines is 1. The quantitative estimate of drug-likeness (QED) is 0.702. The lowest BCUT2D eigenvalue weighted by Gasteiger charge is -2.39. The highest BCUT2D eigenvalue weighted by Crippen LogP contribution is 2.17. The Balaban J connectivity index is 2.03. The van der Waals surface area contributed by atoms with E-state index < -0.39 is 0 Å². The molecular weight excluding hydrogens is 164 g/mol. The van der Waals surface area contributed by atoms with Gasteiger partial charge in [-0.15, -0.1) is 0 Å². The molecule has 0 aromatic carbocycles. The van der Waals surface area contributed by atoms with Gasteiger partial charge in [0.2, 0.25) is 0 Å². The molecule has 1 aliphatic rings.